The van der Waals surface area contributed by atoms with Crippen LogP contribution in [0, 0.1) is 0 Å². The first kappa shape index (κ1) is 17.5. The number of nitrogens with one attached hydrogen (secondary N) is 3. The Morgan fingerprint density at radius 3 is 2.46 bits per heavy atom. The number of rotatable bonds is 5. The van der Waals surface area contributed by atoms with Gasteiger partial charge in [-0.2, -0.15) is 0 Å². The molecule has 1 saturated heterocycles. The molecule has 2 amide bonds. The molecule has 0 saturated carbocycles. The third kappa shape index (κ3) is 4.20. The summed E-state index contributed by atoms with van der Waals surface area (Å²) >= 11 is 0. The summed E-state index contributed by atoms with van der Waals surface area (Å²) in [7, 11) is 1.60. The molecule has 2 aromatic carbocycles. The van der Waals surface area contributed by atoms with Gasteiger partial charge >= 0.3 is 0 Å². The Kier molecular flexibility index (Phi) is 5.19. The van der Waals surface area contributed by atoms with Gasteiger partial charge in [0.05, 0.1) is 7.11 Å². The van der Waals surface area contributed by atoms with Crippen LogP contribution < -0.4 is 20.7 Å². The molecule has 7 nitrogen and oxygen atoms in total. The molecule has 3 rings (SSSR count). The van der Waals surface area contributed by atoms with Gasteiger partial charge < -0.3 is 20.5 Å². The summed E-state index contributed by atoms with van der Waals surface area (Å²) in [6.45, 7) is 0.416. The molecule has 0 aliphatic carbocycles. The van der Waals surface area contributed by atoms with Crippen LogP contribution in [0.5, 0.6) is 11.5 Å². The average Bonchev–Trinajstić information content (AvgIpc) is 2.65. The van der Waals surface area contributed by atoms with E-state index < -0.39 is 6.17 Å². The molecule has 0 spiro atoms. The van der Waals surface area contributed by atoms with Crippen LogP contribution in [0.2, 0.25) is 0 Å². The zero-order valence-electron chi connectivity index (χ0n) is 14.2. The average molecular weight is 353 g/mol. The van der Waals surface area contributed by atoms with E-state index in [4.69, 9.17) is 4.74 Å². The SMILES string of the molecule is COc1ccc(CNC2NC(=O)C(=Cc3ccc(O)cc3)NC2=O)cc1. The summed E-state index contributed by atoms with van der Waals surface area (Å²) in [4.78, 5) is 24.4. The molecule has 1 aliphatic heterocycles. The number of phenolic OH excluding ortho intramolecular Hbond substituents is 1. The maximum absolute atomic E-state index is 12.2. The lowest BCUT2D eigenvalue weighted by atomic mass is 10.1. The molecule has 1 unspecified atom stereocenters. The number of hydrogen-bond acceptors (Lipinski definition) is 5. The van der Waals surface area contributed by atoms with E-state index in [1.165, 1.54) is 12.1 Å². The summed E-state index contributed by atoms with van der Waals surface area (Å²) < 4.78 is 5.10. The van der Waals surface area contributed by atoms with Crippen molar-refractivity contribution in [1.82, 2.24) is 16.0 Å². The highest BCUT2D eigenvalue weighted by molar-refractivity contribution is 6.07. The van der Waals surface area contributed by atoms with E-state index >= 15 is 0 Å². The first-order valence-corrected chi connectivity index (χ1v) is 8.04. The van der Waals surface area contributed by atoms with Crippen molar-refractivity contribution in [3.8, 4) is 11.5 Å². The normalized spacial score (nSPS) is 18.3. The van der Waals surface area contributed by atoms with Crippen molar-refractivity contribution in [2.45, 2.75) is 12.7 Å². The largest absolute Gasteiger partial charge is 0.508 e. The van der Waals surface area contributed by atoms with E-state index in [0.29, 0.717) is 12.1 Å². The molecule has 0 radical (unpaired) electrons. The van der Waals surface area contributed by atoms with Gasteiger partial charge in [-0.15, -0.1) is 0 Å². The molecule has 0 bridgehead atoms. The predicted molar refractivity (Wildman–Crippen MR) is 96.0 cm³/mol. The van der Waals surface area contributed by atoms with E-state index in [1.807, 2.05) is 24.3 Å². The highest BCUT2D eigenvalue weighted by Gasteiger charge is 2.29. The Bertz CT molecular complexity index is 829. The zero-order valence-corrected chi connectivity index (χ0v) is 14.2. The molecular formula is C19H19N3O4. The van der Waals surface area contributed by atoms with Crippen molar-refractivity contribution in [1.29, 1.82) is 0 Å². The number of phenols is 1. The van der Waals surface area contributed by atoms with Gasteiger partial charge in [-0.25, -0.2) is 0 Å². The maximum atomic E-state index is 12.2. The van der Waals surface area contributed by atoms with E-state index in [1.54, 1.807) is 25.3 Å². The van der Waals surface area contributed by atoms with E-state index in [0.717, 1.165) is 11.3 Å². The topological polar surface area (TPSA) is 99.7 Å². The van der Waals surface area contributed by atoms with Crippen molar-refractivity contribution >= 4 is 17.9 Å². The highest BCUT2D eigenvalue weighted by Crippen LogP contribution is 2.14. The van der Waals surface area contributed by atoms with E-state index in [9.17, 15) is 14.7 Å². The fourth-order valence-electron chi connectivity index (χ4n) is 2.48. The van der Waals surface area contributed by atoms with Crippen molar-refractivity contribution in [3.63, 3.8) is 0 Å². The number of methoxy groups -OCH3 is 1. The second-order valence-corrected chi connectivity index (χ2v) is 5.77. The van der Waals surface area contributed by atoms with Crippen LogP contribution in [-0.2, 0) is 16.1 Å². The van der Waals surface area contributed by atoms with Crippen molar-refractivity contribution in [3.05, 3.63) is 65.4 Å². The Balaban J connectivity index is 1.61. The Morgan fingerprint density at radius 1 is 1.12 bits per heavy atom. The van der Waals surface area contributed by atoms with Crippen LogP contribution in [0.1, 0.15) is 11.1 Å². The summed E-state index contributed by atoms with van der Waals surface area (Å²) in [6, 6.07) is 13.7. The summed E-state index contributed by atoms with van der Waals surface area (Å²) in [5.74, 6) is 0.154. The molecular weight excluding hydrogens is 334 g/mol. The summed E-state index contributed by atoms with van der Waals surface area (Å²) in [5, 5.41) is 17.5. The molecule has 1 heterocycles. The number of piperazine rings is 1. The minimum Gasteiger partial charge on any atom is -0.508 e. The van der Waals surface area contributed by atoms with Gasteiger partial charge in [-0.05, 0) is 41.5 Å². The number of carbonyl (C=O) groups excluding carboxylic acids is 2. The van der Waals surface area contributed by atoms with Gasteiger partial charge in [-0.1, -0.05) is 24.3 Å². The minimum atomic E-state index is -0.818. The number of benzene rings is 2. The lowest BCUT2D eigenvalue weighted by molar-refractivity contribution is -0.131. The fraction of sp³-hybridized carbons (Fsp3) is 0.158. The third-order valence-corrected chi connectivity index (χ3v) is 3.91. The molecule has 2 aromatic rings. The Morgan fingerprint density at radius 2 is 1.81 bits per heavy atom. The van der Waals surface area contributed by atoms with Gasteiger partial charge in [0.2, 0.25) is 0 Å². The molecule has 1 atom stereocenters. The van der Waals surface area contributed by atoms with Gasteiger partial charge in [0, 0.05) is 6.54 Å². The Hall–Kier alpha value is -3.32. The number of aromatic hydroxyl groups is 1. The maximum Gasteiger partial charge on any atom is 0.269 e. The van der Waals surface area contributed by atoms with Crippen LogP contribution >= 0.6 is 0 Å². The number of ether oxygens (including phenoxy) is 1. The minimum absolute atomic E-state index is 0.132. The Labute approximate surface area is 150 Å². The van der Waals surface area contributed by atoms with Crippen LogP contribution in [0.25, 0.3) is 6.08 Å². The number of amides is 2. The van der Waals surface area contributed by atoms with Crippen LogP contribution in [0.4, 0.5) is 0 Å². The number of hydrogen-bond donors (Lipinski definition) is 4. The monoisotopic (exact) mass is 353 g/mol. The number of carbonyl (C=O) groups is 2. The third-order valence-electron chi connectivity index (χ3n) is 3.91. The molecule has 134 valence electrons. The molecule has 26 heavy (non-hydrogen) atoms. The predicted octanol–water partition coefficient (Wildman–Crippen LogP) is 1.10. The van der Waals surface area contributed by atoms with Gasteiger partial charge in [0.25, 0.3) is 11.8 Å². The van der Waals surface area contributed by atoms with Gasteiger partial charge in [-0.3, -0.25) is 14.9 Å². The highest BCUT2D eigenvalue weighted by atomic mass is 16.5. The smallest absolute Gasteiger partial charge is 0.269 e. The zero-order chi connectivity index (χ0) is 18.5. The standard InChI is InChI=1S/C19H19N3O4/c1-26-15-8-4-13(5-9-15)11-20-17-19(25)21-16(18(24)22-17)10-12-2-6-14(23)7-3-12/h2-10,17,20,23H,11H2,1H3,(H,21,25)(H,22,24). The summed E-state index contributed by atoms with van der Waals surface area (Å²) in [6.07, 6.45) is 0.730. The second-order valence-electron chi connectivity index (χ2n) is 5.77. The molecule has 4 N–H and O–H groups in total. The van der Waals surface area contributed by atoms with E-state index in [-0.39, 0.29) is 23.3 Å². The van der Waals surface area contributed by atoms with E-state index in [2.05, 4.69) is 16.0 Å². The van der Waals surface area contributed by atoms with Gasteiger partial charge in [0.1, 0.15) is 17.2 Å². The van der Waals surface area contributed by atoms with Crippen LogP contribution in [0.15, 0.2) is 54.2 Å². The second kappa shape index (κ2) is 7.71. The molecule has 7 heteroatoms. The first-order valence-electron chi connectivity index (χ1n) is 8.04. The van der Waals surface area contributed by atoms with Crippen LogP contribution in [0.3, 0.4) is 0 Å². The summed E-state index contributed by atoms with van der Waals surface area (Å²) in [5.41, 5.74) is 1.80. The molecule has 1 fully saturated rings. The van der Waals surface area contributed by atoms with Crippen molar-refractivity contribution in [2.75, 3.05) is 7.11 Å². The molecule has 0 aromatic heterocycles. The first-order chi connectivity index (χ1) is 12.5. The van der Waals surface area contributed by atoms with Crippen molar-refractivity contribution < 1.29 is 19.4 Å². The molecule has 1 aliphatic rings. The van der Waals surface area contributed by atoms with Crippen LogP contribution in [-0.4, -0.2) is 30.2 Å². The fourth-order valence-corrected chi connectivity index (χ4v) is 2.48. The lowest BCUT2D eigenvalue weighted by Crippen LogP contribution is -2.60. The quantitative estimate of drug-likeness (QED) is 0.604. The lowest BCUT2D eigenvalue weighted by Gasteiger charge is -2.26. The van der Waals surface area contributed by atoms with Gasteiger partial charge in [0.15, 0.2) is 6.17 Å². The van der Waals surface area contributed by atoms with Crippen molar-refractivity contribution in [2.24, 2.45) is 0 Å².